The van der Waals surface area contributed by atoms with E-state index in [0.29, 0.717) is 49.8 Å². The van der Waals surface area contributed by atoms with Gasteiger partial charge in [0.15, 0.2) is 16.3 Å². The Labute approximate surface area is 283 Å². The molecule has 10 nitrogen and oxygen atoms in total. The third-order valence-electron chi connectivity index (χ3n) is 7.67. The molecule has 1 aliphatic rings. The van der Waals surface area contributed by atoms with Gasteiger partial charge in [0.1, 0.15) is 12.4 Å². The van der Waals surface area contributed by atoms with Gasteiger partial charge in [0.05, 0.1) is 40.0 Å². The average Bonchev–Trinajstić information content (AvgIpc) is 3.42. The highest BCUT2D eigenvalue weighted by atomic mass is 32.1. The SMILES string of the molecule is CCOC(=O)C1=C(c2ccccc2)N=c2s/c(=C\c3ccc(OCc4ccc([N+](=O)[O-])cc4)c(OCC)c3)c(=O)n2[C@@H]1c1ccc(F)cc1. The molecular weight excluding hydrogens is 649 g/mol. The molecule has 49 heavy (non-hydrogen) atoms. The Morgan fingerprint density at radius 1 is 0.959 bits per heavy atom. The second-order valence-electron chi connectivity index (χ2n) is 10.8. The smallest absolute Gasteiger partial charge is 0.338 e. The minimum absolute atomic E-state index is 0.00854. The first kappa shape index (κ1) is 33.0. The van der Waals surface area contributed by atoms with Crippen molar-refractivity contribution in [3.05, 3.63) is 161 Å². The van der Waals surface area contributed by atoms with E-state index in [9.17, 15) is 24.1 Å². The van der Waals surface area contributed by atoms with Crippen LogP contribution in [0.5, 0.6) is 11.5 Å². The molecule has 248 valence electrons. The van der Waals surface area contributed by atoms with Crippen molar-refractivity contribution in [1.82, 2.24) is 4.57 Å². The van der Waals surface area contributed by atoms with E-state index in [1.165, 1.54) is 40.2 Å². The van der Waals surface area contributed by atoms with E-state index in [4.69, 9.17) is 19.2 Å². The number of carbonyl (C=O) groups is 1. The highest BCUT2D eigenvalue weighted by Crippen LogP contribution is 2.35. The highest BCUT2D eigenvalue weighted by Gasteiger charge is 2.35. The molecule has 0 spiro atoms. The van der Waals surface area contributed by atoms with Crippen LogP contribution in [0.4, 0.5) is 10.1 Å². The number of nitro groups is 1. The summed E-state index contributed by atoms with van der Waals surface area (Å²) in [4.78, 5) is 43.5. The Hall–Kier alpha value is -5.88. The third-order valence-corrected chi connectivity index (χ3v) is 8.65. The predicted molar refractivity (Wildman–Crippen MR) is 183 cm³/mol. The summed E-state index contributed by atoms with van der Waals surface area (Å²) in [6, 6.07) is 25.3. The second-order valence-corrected chi connectivity index (χ2v) is 11.8. The lowest BCUT2D eigenvalue weighted by Gasteiger charge is -2.25. The van der Waals surface area contributed by atoms with Gasteiger partial charge in [0.2, 0.25) is 0 Å². The number of halogens is 1. The van der Waals surface area contributed by atoms with Crippen molar-refractivity contribution >= 4 is 34.8 Å². The first-order chi connectivity index (χ1) is 23.8. The standard InChI is InChI=1S/C37H30FN3O7S/c1-3-46-30-20-24(12-19-29(30)48-22-23-10-17-28(18-11-23)41(44)45)21-31-35(42)40-34(26-13-15-27(38)16-14-26)32(36(43)47-4-2)33(39-37(40)49-31)25-8-6-5-7-9-25/h5-21,34H,3-4,22H2,1-2H3/b31-21-/t34-/m1/s1. The van der Waals surface area contributed by atoms with Crippen LogP contribution in [0.2, 0.25) is 0 Å². The van der Waals surface area contributed by atoms with Gasteiger partial charge in [-0.05, 0) is 73.0 Å². The molecule has 0 N–H and O–H groups in total. The lowest BCUT2D eigenvalue weighted by atomic mass is 9.93. The molecule has 0 saturated carbocycles. The number of hydrogen-bond donors (Lipinski definition) is 0. The fraction of sp³-hybridized carbons (Fsp3) is 0.162. The van der Waals surface area contributed by atoms with Crippen LogP contribution in [0.25, 0.3) is 11.8 Å². The third kappa shape index (κ3) is 7.04. The number of thiazole rings is 1. The van der Waals surface area contributed by atoms with Crippen LogP contribution in [-0.2, 0) is 16.1 Å². The average molecular weight is 680 g/mol. The van der Waals surface area contributed by atoms with E-state index in [1.807, 2.05) is 37.3 Å². The van der Waals surface area contributed by atoms with Crippen molar-refractivity contribution in [3.63, 3.8) is 0 Å². The van der Waals surface area contributed by atoms with Crippen LogP contribution in [-0.4, -0.2) is 28.7 Å². The Morgan fingerprint density at radius 3 is 2.37 bits per heavy atom. The zero-order chi connectivity index (χ0) is 34.5. The fourth-order valence-electron chi connectivity index (χ4n) is 5.43. The van der Waals surface area contributed by atoms with Crippen molar-refractivity contribution in [1.29, 1.82) is 0 Å². The van der Waals surface area contributed by atoms with Crippen molar-refractivity contribution in [3.8, 4) is 11.5 Å². The molecule has 0 amide bonds. The van der Waals surface area contributed by atoms with Crippen molar-refractivity contribution in [2.24, 2.45) is 4.99 Å². The molecule has 0 fully saturated rings. The molecule has 1 aliphatic heterocycles. The van der Waals surface area contributed by atoms with Gasteiger partial charge in [-0.3, -0.25) is 19.5 Å². The van der Waals surface area contributed by atoms with Gasteiger partial charge >= 0.3 is 5.97 Å². The van der Waals surface area contributed by atoms with E-state index >= 15 is 0 Å². The summed E-state index contributed by atoms with van der Waals surface area (Å²) in [5, 5.41) is 11.0. The maximum absolute atomic E-state index is 14.2. The molecule has 5 aromatic rings. The van der Waals surface area contributed by atoms with Crippen molar-refractivity contribution in [2.75, 3.05) is 13.2 Å². The molecular formula is C37H30FN3O7S. The number of carbonyl (C=O) groups excluding carboxylic acids is 1. The molecule has 6 rings (SSSR count). The van der Waals surface area contributed by atoms with Crippen LogP contribution >= 0.6 is 11.3 Å². The van der Waals surface area contributed by atoms with Gasteiger partial charge in [-0.2, -0.15) is 0 Å². The first-order valence-corrected chi connectivity index (χ1v) is 16.3. The number of benzene rings is 4. The molecule has 4 aromatic carbocycles. The van der Waals surface area contributed by atoms with E-state index in [-0.39, 0.29) is 30.0 Å². The number of fused-ring (bicyclic) bond motifs is 1. The van der Waals surface area contributed by atoms with Gasteiger partial charge in [-0.1, -0.05) is 59.9 Å². The van der Waals surface area contributed by atoms with E-state index < -0.39 is 22.8 Å². The molecule has 0 aliphatic carbocycles. The number of rotatable bonds is 11. The zero-order valence-electron chi connectivity index (χ0n) is 26.5. The minimum atomic E-state index is -0.928. The number of hydrogen-bond acceptors (Lipinski definition) is 9. The number of esters is 1. The topological polar surface area (TPSA) is 122 Å². The summed E-state index contributed by atoms with van der Waals surface area (Å²) in [5.41, 5.74) is 2.73. The van der Waals surface area contributed by atoms with Gasteiger partial charge in [0.25, 0.3) is 11.2 Å². The Kier molecular flexibility index (Phi) is 9.77. The molecule has 0 unspecified atom stereocenters. The Balaban J connectivity index is 1.43. The van der Waals surface area contributed by atoms with E-state index in [2.05, 4.69) is 0 Å². The quantitative estimate of drug-likeness (QED) is 0.0959. The summed E-state index contributed by atoms with van der Waals surface area (Å²) >= 11 is 1.17. The normalized spacial score (nSPS) is 14.2. The molecule has 12 heteroatoms. The molecule has 1 atom stereocenters. The van der Waals surface area contributed by atoms with Crippen LogP contribution in [0.3, 0.4) is 0 Å². The fourth-order valence-corrected chi connectivity index (χ4v) is 6.43. The number of nitrogens with zero attached hydrogens (tertiary/aromatic N) is 3. The summed E-state index contributed by atoms with van der Waals surface area (Å²) in [7, 11) is 0. The summed E-state index contributed by atoms with van der Waals surface area (Å²) in [5.74, 6) is -0.168. The van der Waals surface area contributed by atoms with Crippen LogP contribution in [0.1, 0.15) is 42.1 Å². The molecule has 0 saturated heterocycles. The largest absolute Gasteiger partial charge is 0.490 e. The Bertz CT molecular complexity index is 2230. The van der Waals surface area contributed by atoms with Gasteiger partial charge in [-0.25, -0.2) is 14.2 Å². The number of nitro benzene ring substituents is 1. The highest BCUT2D eigenvalue weighted by molar-refractivity contribution is 7.07. The zero-order valence-corrected chi connectivity index (χ0v) is 27.3. The summed E-state index contributed by atoms with van der Waals surface area (Å²) in [6.07, 6.45) is 1.71. The Morgan fingerprint density at radius 2 is 1.69 bits per heavy atom. The molecule has 2 heterocycles. The molecule has 0 bridgehead atoms. The number of non-ortho nitro benzene ring substituents is 1. The molecule has 1 aromatic heterocycles. The lowest BCUT2D eigenvalue weighted by molar-refractivity contribution is -0.384. The monoisotopic (exact) mass is 679 g/mol. The van der Waals surface area contributed by atoms with E-state index in [0.717, 1.165) is 5.56 Å². The summed E-state index contributed by atoms with van der Waals surface area (Å²) < 4.78 is 33.2. The molecule has 0 radical (unpaired) electrons. The second kappa shape index (κ2) is 14.5. The van der Waals surface area contributed by atoms with Gasteiger partial charge in [-0.15, -0.1) is 0 Å². The van der Waals surface area contributed by atoms with Gasteiger partial charge < -0.3 is 14.2 Å². The maximum atomic E-state index is 14.2. The first-order valence-electron chi connectivity index (χ1n) is 15.4. The van der Waals surface area contributed by atoms with Crippen LogP contribution < -0.4 is 24.4 Å². The van der Waals surface area contributed by atoms with Gasteiger partial charge in [0, 0.05) is 17.7 Å². The van der Waals surface area contributed by atoms with Crippen molar-refractivity contribution in [2.45, 2.75) is 26.5 Å². The van der Waals surface area contributed by atoms with E-state index in [1.54, 1.807) is 55.5 Å². The maximum Gasteiger partial charge on any atom is 0.338 e. The van der Waals surface area contributed by atoms with Crippen LogP contribution in [0, 0.1) is 15.9 Å². The summed E-state index contributed by atoms with van der Waals surface area (Å²) in [6.45, 7) is 4.17. The number of aromatic nitrogens is 1. The minimum Gasteiger partial charge on any atom is -0.490 e. The van der Waals surface area contributed by atoms with Crippen molar-refractivity contribution < 1.29 is 28.3 Å². The lowest BCUT2D eigenvalue weighted by Crippen LogP contribution is -2.40. The predicted octanol–water partition coefficient (Wildman–Crippen LogP) is 5.96. The van der Waals surface area contributed by atoms with Crippen LogP contribution in [0.15, 0.2) is 112 Å². The number of ether oxygens (including phenoxy) is 3.